The van der Waals surface area contributed by atoms with Crippen molar-refractivity contribution in [2.24, 2.45) is 16.0 Å². The number of benzene rings is 1. The SMILES string of the molecule is NC(=O)OC1CCCCCC=CC2CC2(c2cc(Cl)cc(Cl)c2)NC(=O)C2(C(=O)N=S(=O)=O)CCCN2C1=O. The van der Waals surface area contributed by atoms with Crippen LogP contribution in [0.4, 0.5) is 4.79 Å². The maximum atomic E-state index is 14.1. The maximum Gasteiger partial charge on any atom is 0.405 e. The monoisotopic (exact) mass is 598 g/mol. The first-order valence-corrected chi connectivity index (χ1v) is 14.4. The van der Waals surface area contributed by atoms with Gasteiger partial charge in [0.1, 0.15) is 0 Å². The van der Waals surface area contributed by atoms with Crippen molar-refractivity contribution >= 4 is 57.5 Å². The molecule has 3 aliphatic rings. The molecule has 1 aromatic carbocycles. The van der Waals surface area contributed by atoms with E-state index in [-0.39, 0.29) is 31.7 Å². The van der Waals surface area contributed by atoms with Crippen molar-refractivity contribution in [1.29, 1.82) is 0 Å². The quantitative estimate of drug-likeness (QED) is 0.398. The molecule has 2 aliphatic heterocycles. The summed E-state index contributed by atoms with van der Waals surface area (Å²) in [5, 5.41) is 3.63. The molecule has 0 radical (unpaired) electrons. The van der Waals surface area contributed by atoms with Crippen LogP contribution in [-0.4, -0.2) is 55.3 Å². The van der Waals surface area contributed by atoms with Crippen molar-refractivity contribution in [3.05, 3.63) is 46.0 Å². The molecule has 0 bridgehead atoms. The van der Waals surface area contributed by atoms with Gasteiger partial charge in [0, 0.05) is 22.5 Å². The zero-order valence-electron chi connectivity index (χ0n) is 20.9. The molecule has 2 fully saturated rings. The fraction of sp³-hybridized carbons (Fsp3) is 0.520. The Balaban J connectivity index is 1.84. The largest absolute Gasteiger partial charge is 0.436 e. The van der Waals surface area contributed by atoms with E-state index >= 15 is 0 Å². The van der Waals surface area contributed by atoms with Gasteiger partial charge in [-0.05, 0) is 68.7 Å². The van der Waals surface area contributed by atoms with Crippen LogP contribution in [0.15, 0.2) is 34.7 Å². The van der Waals surface area contributed by atoms with Gasteiger partial charge in [0.2, 0.25) is 5.54 Å². The van der Waals surface area contributed by atoms with E-state index < -0.39 is 51.5 Å². The summed E-state index contributed by atoms with van der Waals surface area (Å²) in [7, 11) is -3.18. The van der Waals surface area contributed by atoms with E-state index in [1.165, 1.54) is 0 Å². The number of allylic oxidation sites excluding steroid dienone is 1. The lowest BCUT2D eigenvalue weighted by atomic mass is 9.91. The second-order valence-corrected chi connectivity index (χ2v) is 11.4. The summed E-state index contributed by atoms with van der Waals surface area (Å²) in [6.45, 7) is -0.0586. The standard InChI is InChI=1S/C25H28Cl2N4O7S/c26-17-11-16(12-18(27)13-17)24-14-15(24)7-4-2-1-3-5-8-19(38-23(28)35)20(32)31-10-6-9-25(31,21(33)29-24)22(34)30-39(36)37/h4,7,11-13,15,19H,1-3,5-6,8-10,14H2,(H2,28,35)(H,29,33). The van der Waals surface area contributed by atoms with Gasteiger partial charge >= 0.3 is 16.6 Å². The van der Waals surface area contributed by atoms with Crippen molar-refractivity contribution in [2.75, 3.05) is 6.54 Å². The Morgan fingerprint density at radius 1 is 1.10 bits per heavy atom. The molecule has 39 heavy (non-hydrogen) atoms. The van der Waals surface area contributed by atoms with E-state index in [4.69, 9.17) is 33.7 Å². The minimum absolute atomic E-state index is 0.0586. The number of fused-ring (bicyclic) bond motifs is 2. The van der Waals surface area contributed by atoms with E-state index in [2.05, 4.69) is 9.68 Å². The number of primary amides is 1. The number of nitrogens with zero attached hydrogens (tertiary/aromatic N) is 2. The molecule has 0 spiro atoms. The number of rotatable bonds is 3. The van der Waals surface area contributed by atoms with Crippen LogP contribution in [-0.2, 0) is 35.2 Å². The van der Waals surface area contributed by atoms with Gasteiger partial charge in [0.15, 0.2) is 6.10 Å². The van der Waals surface area contributed by atoms with E-state index in [0.717, 1.165) is 24.2 Å². The minimum atomic E-state index is -3.18. The lowest BCUT2D eigenvalue weighted by Gasteiger charge is -2.37. The smallest absolute Gasteiger partial charge is 0.405 e. The summed E-state index contributed by atoms with van der Waals surface area (Å²) < 4.78 is 31.0. The summed E-state index contributed by atoms with van der Waals surface area (Å²) in [6.07, 6.45) is 4.85. The summed E-state index contributed by atoms with van der Waals surface area (Å²) >= 11 is 12.5. The third kappa shape index (κ3) is 5.97. The summed E-state index contributed by atoms with van der Waals surface area (Å²) in [4.78, 5) is 53.8. The number of ether oxygens (including phenoxy) is 1. The summed E-state index contributed by atoms with van der Waals surface area (Å²) in [5.41, 5.74) is 2.53. The summed E-state index contributed by atoms with van der Waals surface area (Å²) in [5.74, 6) is -3.20. The summed E-state index contributed by atoms with van der Waals surface area (Å²) in [6, 6.07) is 4.87. The van der Waals surface area contributed by atoms with E-state index in [9.17, 15) is 27.6 Å². The third-order valence-corrected chi connectivity index (χ3v) is 8.25. The Bertz CT molecular complexity index is 1340. The first-order valence-electron chi connectivity index (χ1n) is 12.6. The van der Waals surface area contributed by atoms with Crippen LogP contribution in [0.1, 0.15) is 56.9 Å². The van der Waals surface area contributed by atoms with E-state index in [1.54, 1.807) is 18.2 Å². The molecular formula is C25H28Cl2N4O7S. The van der Waals surface area contributed by atoms with Crippen LogP contribution < -0.4 is 11.1 Å². The first kappa shape index (κ1) is 29.0. The van der Waals surface area contributed by atoms with Crippen molar-refractivity contribution < 1.29 is 32.3 Å². The molecule has 1 saturated heterocycles. The lowest BCUT2D eigenvalue weighted by molar-refractivity contribution is -0.157. The zero-order valence-corrected chi connectivity index (χ0v) is 23.2. The molecular weight excluding hydrogens is 571 g/mol. The van der Waals surface area contributed by atoms with Gasteiger partial charge < -0.3 is 20.7 Å². The predicted molar refractivity (Wildman–Crippen MR) is 141 cm³/mol. The van der Waals surface area contributed by atoms with Crippen molar-refractivity contribution in [3.63, 3.8) is 0 Å². The van der Waals surface area contributed by atoms with Crippen LogP contribution in [0, 0.1) is 5.92 Å². The predicted octanol–water partition coefficient (Wildman–Crippen LogP) is 3.26. The number of carbonyl (C=O) groups excluding carboxylic acids is 4. The number of hydrogen-bond acceptors (Lipinski definition) is 7. The molecule has 1 saturated carbocycles. The average Bonchev–Trinajstić information content (AvgIpc) is 3.34. The Morgan fingerprint density at radius 2 is 1.82 bits per heavy atom. The molecule has 4 amide bonds. The number of nitrogens with two attached hydrogens (primary N) is 1. The lowest BCUT2D eigenvalue weighted by Crippen LogP contribution is -2.64. The molecule has 11 nitrogen and oxygen atoms in total. The minimum Gasteiger partial charge on any atom is -0.436 e. The molecule has 1 aromatic rings. The van der Waals surface area contributed by atoms with Gasteiger partial charge in [0.05, 0.1) is 5.54 Å². The Hall–Kier alpha value is -2.96. The van der Waals surface area contributed by atoms with Gasteiger partial charge in [-0.15, -0.1) is 0 Å². The number of hydrogen-bond donors (Lipinski definition) is 2. The molecule has 4 atom stereocenters. The molecule has 4 rings (SSSR count). The highest BCUT2D eigenvalue weighted by Gasteiger charge is 2.62. The highest BCUT2D eigenvalue weighted by Crippen LogP contribution is 2.54. The molecule has 1 aliphatic carbocycles. The topological polar surface area (TPSA) is 165 Å². The van der Waals surface area contributed by atoms with Crippen molar-refractivity contribution in [1.82, 2.24) is 10.2 Å². The number of amides is 4. The second-order valence-electron chi connectivity index (χ2n) is 9.95. The van der Waals surface area contributed by atoms with Crippen LogP contribution in [0.25, 0.3) is 0 Å². The van der Waals surface area contributed by atoms with Gasteiger partial charge in [0.25, 0.3) is 17.7 Å². The number of carbonyl (C=O) groups is 4. The Labute approximate surface area is 236 Å². The molecule has 210 valence electrons. The highest BCUT2D eigenvalue weighted by molar-refractivity contribution is 7.62. The highest BCUT2D eigenvalue weighted by atomic mass is 35.5. The van der Waals surface area contributed by atoms with E-state index in [1.807, 2.05) is 12.2 Å². The fourth-order valence-corrected chi connectivity index (χ4v) is 6.39. The van der Waals surface area contributed by atoms with Gasteiger partial charge in [-0.2, -0.15) is 8.42 Å². The number of halogens is 2. The molecule has 14 heteroatoms. The van der Waals surface area contributed by atoms with Crippen LogP contribution in [0.2, 0.25) is 10.0 Å². The molecule has 3 N–H and O–H groups in total. The normalized spacial score (nSPS) is 29.2. The maximum absolute atomic E-state index is 14.1. The Morgan fingerprint density at radius 3 is 2.49 bits per heavy atom. The van der Waals surface area contributed by atoms with Gasteiger partial charge in [-0.1, -0.05) is 46.1 Å². The van der Waals surface area contributed by atoms with Crippen LogP contribution >= 0.6 is 23.2 Å². The van der Waals surface area contributed by atoms with Gasteiger partial charge in [-0.25, -0.2) is 4.79 Å². The van der Waals surface area contributed by atoms with Gasteiger partial charge in [-0.3, -0.25) is 14.4 Å². The van der Waals surface area contributed by atoms with Crippen molar-refractivity contribution in [2.45, 2.75) is 68.5 Å². The fourth-order valence-electron chi connectivity index (χ4n) is 5.58. The van der Waals surface area contributed by atoms with E-state index in [0.29, 0.717) is 28.5 Å². The zero-order chi connectivity index (χ0) is 28.4. The first-order chi connectivity index (χ1) is 18.5. The molecule has 2 heterocycles. The van der Waals surface area contributed by atoms with Crippen LogP contribution in [0.5, 0.6) is 0 Å². The third-order valence-electron chi connectivity index (χ3n) is 7.50. The number of nitrogens with one attached hydrogen (secondary N) is 1. The molecule has 4 unspecified atom stereocenters. The molecule has 0 aromatic heterocycles. The van der Waals surface area contributed by atoms with Crippen molar-refractivity contribution in [3.8, 4) is 0 Å². The average molecular weight is 599 g/mol. The van der Waals surface area contributed by atoms with Crippen LogP contribution in [0.3, 0.4) is 0 Å². The second kappa shape index (κ2) is 11.6. The Kier molecular flexibility index (Phi) is 8.67.